The first-order chi connectivity index (χ1) is 9.42. The van der Waals surface area contributed by atoms with E-state index in [9.17, 15) is 5.11 Å². The van der Waals surface area contributed by atoms with Crippen LogP contribution < -0.4 is 12.0 Å². The molecular formula is C17H20O2Te. The number of ether oxygens (including phenoxy) is 1. The molecule has 1 N–H and O–H groups in total. The van der Waals surface area contributed by atoms with Crippen LogP contribution in [0.4, 0.5) is 0 Å². The second kappa shape index (κ2) is 6.08. The average molecular weight is 384 g/mol. The van der Waals surface area contributed by atoms with Crippen molar-refractivity contribution in [2.45, 2.75) is 27.7 Å². The van der Waals surface area contributed by atoms with E-state index in [0.717, 1.165) is 5.75 Å². The van der Waals surface area contributed by atoms with E-state index in [2.05, 4.69) is 39.8 Å². The summed E-state index contributed by atoms with van der Waals surface area (Å²) in [5, 5.41) is 9.66. The molecule has 20 heavy (non-hydrogen) atoms. The third kappa shape index (κ3) is 3.11. The van der Waals surface area contributed by atoms with Crippen molar-refractivity contribution < 1.29 is 9.84 Å². The first kappa shape index (κ1) is 15.2. The van der Waals surface area contributed by atoms with Gasteiger partial charge in [0.15, 0.2) is 0 Å². The Balaban J connectivity index is 2.45. The fourth-order valence-corrected chi connectivity index (χ4v) is 5.47. The quantitative estimate of drug-likeness (QED) is 0.824. The fraction of sp³-hybridized carbons (Fsp3) is 0.294. The van der Waals surface area contributed by atoms with Crippen LogP contribution in [0, 0.1) is 27.7 Å². The van der Waals surface area contributed by atoms with Gasteiger partial charge in [0.25, 0.3) is 0 Å². The van der Waals surface area contributed by atoms with Crippen LogP contribution in [-0.2, 0) is 0 Å². The molecule has 0 unspecified atom stereocenters. The molecule has 0 aliphatic carbocycles. The third-order valence-electron chi connectivity index (χ3n) is 3.32. The molecule has 0 aliphatic rings. The molecule has 2 aromatic rings. The van der Waals surface area contributed by atoms with Crippen LogP contribution in [-0.4, -0.2) is 33.1 Å². The van der Waals surface area contributed by atoms with Gasteiger partial charge >= 0.3 is 131 Å². The van der Waals surface area contributed by atoms with Crippen LogP contribution in [0.3, 0.4) is 0 Å². The number of aryl methyl sites for hydroxylation is 4. The summed E-state index contributed by atoms with van der Waals surface area (Å²) in [7, 11) is 1.71. The van der Waals surface area contributed by atoms with Gasteiger partial charge in [0.05, 0.1) is 0 Å². The van der Waals surface area contributed by atoms with E-state index in [1.165, 1.54) is 29.5 Å². The van der Waals surface area contributed by atoms with Gasteiger partial charge < -0.3 is 0 Å². The standard InChI is InChI=1S/C17H20O2Te/c1-10-6-14(18)7-11(2)16(10)20-17-12(3)8-15(19-5)9-13(17)4/h6-9,18H,1-5H3. The van der Waals surface area contributed by atoms with Crippen molar-refractivity contribution in [1.82, 2.24) is 0 Å². The maximum absolute atomic E-state index is 9.66. The molecule has 2 rings (SSSR count). The fourth-order valence-electron chi connectivity index (χ4n) is 2.38. The predicted octanol–water partition coefficient (Wildman–Crippen LogP) is 2.29. The number of phenolic OH excluding ortho intramolecular Hbond substituents is 1. The van der Waals surface area contributed by atoms with Crippen LogP contribution in [0.1, 0.15) is 22.3 Å². The first-order valence-corrected chi connectivity index (χ1v) is 8.88. The molecule has 3 heteroatoms. The normalized spacial score (nSPS) is 10.7. The summed E-state index contributed by atoms with van der Waals surface area (Å²) in [6.07, 6.45) is 0. The zero-order valence-corrected chi connectivity index (χ0v) is 14.9. The molecule has 2 aromatic carbocycles. The summed E-state index contributed by atoms with van der Waals surface area (Å²) in [4.78, 5) is 0. The molecule has 0 aromatic heterocycles. The topological polar surface area (TPSA) is 29.5 Å². The van der Waals surface area contributed by atoms with Crippen molar-refractivity contribution in [3.63, 3.8) is 0 Å². The molecule has 0 fully saturated rings. The van der Waals surface area contributed by atoms with Crippen molar-refractivity contribution >= 4 is 28.1 Å². The average Bonchev–Trinajstić information content (AvgIpc) is 2.35. The maximum atomic E-state index is 9.66. The summed E-state index contributed by atoms with van der Waals surface area (Å²) < 4.78 is 8.21. The van der Waals surface area contributed by atoms with E-state index < -0.39 is 20.9 Å². The van der Waals surface area contributed by atoms with Gasteiger partial charge in [-0.25, -0.2) is 0 Å². The summed E-state index contributed by atoms with van der Waals surface area (Å²) >= 11 is -0.464. The van der Waals surface area contributed by atoms with E-state index in [4.69, 9.17) is 4.74 Å². The van der Waals surface area contributed by atoms with Gasteiger partial charge in [-0.15, -0.1) is 0 Å². The second-order valence-corrected chi connectivity index (χ2v) is 8.01. The van der Waals surface area contributed by atoms with Crippen molar-refractivity contribution in [1.29, 1.82) is 0 Å². The van der Waals surface area contributed by atoms with E-state index >= 15 is 0 Å². The summed E-state index contributed by atoms with van der Waals surface area (Å²) in [5.41, 5.74) is 4.99. The number of methoxy groups -OCH3 is 1. The molecular weight excluding hydrogens is 364 g/mol. The molecule has 0 atom stereocenters. The molecule has 106 valence electrons. The Kier molecular flexibility index (Phi) is 4.62. The monoisotopic (exact) mass is 386 g/mol. The van der Waals surface area contributed by atoms with Gasteiger partial charge in [0.2, 0.25) is 0 Å². The number of rotatable bonds is 3. The van der Waals surface area contributed by atoms with E-state index in [0.29, 0.717) is 5.75 Å². The number of hydrogen-bond acceptors (Lipinski definition) is 2. The molecule has 0 radical (unpaired) electrons. The Bertz CT molecular complexity index is 601. The van der Waals surface area contributed by atoms with Crippen molar-refractivity contribution in [3.8, 4) is 11.5 Å². The molecule has 0 heterocycles. The summed E-state index contributed by atoms with van der Waals surface area (Å²) in [6.45, 7) is 8.48. The van der Waals surface area contributed by atoms with Gasteiger partial charge in [0.1, 0.15) is 0 Å². The SMILES string of the molecule is COc1cc(C)c([Te]c2c(C)cc(O)cc2C)c(C)c1. The summed E-state index contributed by atoms with van der Waals surface area (Å²) in [5.74, 6) is 1.29. The van der Waals surface area contributed by atoms with Gasteiger partial charge in [0, 0.05) is 0 Å². The minimum absolute atomic E-state index is 0.361. The van der Waals surface area contributed by atoms with Crippen LogP contribution in [0.5, 0.6) is 11.5 Å². The van der Waals surface area contributed by atoms with Crippen LogP contribution in [0.15, 0.2) is 24.3 Å². The van der Waals surface area contributed by atoms with E-state index in [1.807, 2.05) is 12.1 Å². The Hall–Kier alpha value is -1.17. The zero-order chi connectivity index (χ0) is 14.9. The number of aromatic hydroxyl groups is 1. The zero-order valence-electron chi connectivity index (χ0n) is 12.6. The van der Waals surface area contributed by atoms with Crippen molar-refractivity contribution in [3.05, 3.63) is 46.5 Å². The van der Waals surface area contributed by atoms with Gasteiger partial charge in [-0.05, 0) is 0 Å². The molecule has 0 aliphatic heterocycles. The van der Waals surface area contributed by atoms with Crippen LogP contribution >= 0.6 is 0 Å². The van der Waals surface area contributed by atoms with Gasteiger partial charge in [-0.1, -0.05) is 0 Å². The van der Waals surface area contributed by atoms with Crippen LogP contribution in [0.25, 0.3) is 0 Å². The van der Waals surface area contributed by atoms with Crippen molar-refractivity contribution in [2.75, 3.05) is 7.11 Å². The molecule has 0 saturated carbocycles. The molecule has 0 spiro atoms. The number of hydrogen-bond donors (Lipinski definition) is 1. The Labute approximate surface area is 130 Å². The molecule has 0 saturated heterocycles. The van der Waals surface area contributed by atoms with Crippen LogP contribution in [0.2, 0.25) is 0 Å². The Morgan fingerprint density at radius 1 is 0.800 bits per heavy atom. The van der Waals surface area contributed by atoms with Gasteiger partial charge in [-0.2, -0.15) is 0 Å². The van der Waals surface area contributed by atoms with Gasteiger partial charge in [-0.3, -0.25) is 0 Å². The summed E-state index contributed by atoms with van der Waals surface area (Å²) in [6, 6.07) is 7.94. The first-order valence-electron chi connectivity index (χ1n) is 6.55. The van der Waals surface area contributed by atoms with Crippen molar-refractivity contribution in [2.24, 2.45) is 0 Å². The minimum atomic E-state index is -0.464. The molecule has 2 nitrogen and oxygen atoms in total. The second-order valence-electron chi connectivity index (χ2n) is 5.10. The van der Waals surface area contributed by atoms with E-state index in [1.54, 1.807) is 7.11 Å². The number of phenols is 1. The third-order valence-corrected chi connectivity index (χ3v) is 8.16. The van der Waals surface area contributed by atoms with E-state index in [-0.39, 0.29) is 0 Å². The number of benzene rings is 2. The molecule has 0 bridgehead atoms. The Morgan fingerprint density at radius 3 is 1.60 bits per heavy atom. The predicted molar refractivity (Wildman–Crippen MR) is 85.1 cm³/mol. The molecule has 0 amide bonds. The Morgan fingerprint density at radius 2 is 1.20 bits per heavy atom.